The van der Waals surface area contributed by atoms with Crippen molar-refractivity contribution in [3.63, 3.8) is 0 Å². The number of H-pyrrole nitrogens is 1. The third-order valence-corrected chi connectivity index (χ3v) is 4.63. The molecule has 0 spiro atoms. The summed E-state index contributed by atoms with van der Waals surface area (Å²) >= 11 is 0. The van der Waals surface area contributed by atoms with Gasteiger partial charge in [-0.05, 0) is 36.2 Å². The third kappa shape index (κ3) is 4.43. The normalized spacial score (nSPS) is 10.6. The van der Waals surface area contributed by atoms with E-state index in [0.717, 1.165) is 16.5 Å². The molecule has 0 fully saturated rings. The number of fused-ring (bicyclic) bond motifs is 2. The van der Waals surface area contributed by atoms with Crippen molar-refractivity contribution in [3.8, 4) is 11.5 Å². The second kappa shape index (κ2) is 9.39. The highest BCUT2D eigenvalue weighted by Crippen LogP contribution is 2.30. The van der Waals surface area contributed by atoms with Gasteiger partial charge in [0.05, 0.1) is 30.6 Å². The number of methoxy groups -OCH3 is 2. The SMILES string of the molecule is CCC.COc1cc2nc(Cc3cnc4cccc(C)c4c3)[nH]c(=O)c2cc1OC. The largest absolute Gasteiger partial charge is 0.493 e. The number of nitrogens with zero attached hydrogens (tertiary/aromatic N) is 2. The van der Waals surface area contributed by atoms with Crippen molar-refractivity contribution < 1.29 is 9.47 Å². The highest BCUT2D eigenvalue weighted by molar-refractivity contribution is 5.83. The van der Waals surface area contributed by atoms with Crippen molar-refractivity contribution in [2.75, 3.05) is 14.2 Å². The summed E-state index contributed by atoms with van der Waals surface area (Å²) < 4.78 is 10.6. The summed E-state index contributed by atoms with van der Waals surface area (Å²) in [7, 11) is 3.09. The molecule has 1 N–H and O–H groups in total. The van der Waals surface area contributed by atoms with Gasteiger partial charge >= 0.3 is 0 Å². The fourth-order valence-corrected chi connectivity index (χ4v) is 3.23. The minimum absolute atomic E-state index is 0.208. The average Bonchev–Trinajstić information content (AvgIpc) is 2.74. The van der Waals surface area contributed by atoms with Gasteiger partial charge < -0.3 is 14.5 Å². The van der Waals surface area contributed by atoms with Gasteiger partial charge in [-0.15, -0.1) is 0 Å². The van der Waals surface area contributed by atoms with Crippen molar-refractivity contribution in [2.24, 2.45) is 0 Å². The molecule has 2 aromatic heterocycles. The molecule has 0 unspecified atom stereocenters. The minimum Gasteiger partial charge on any atom is -0.493 e. The summed E-state index contributed by atoms with van der Waals surface area (Å²) in [5.41, 5.74) is 3.46. The third-order valence-electron chi connectivity index (χ3n) is 4.63. The van der Waals surface area contributed by atoms with Crippen LogP contribution in [0.15, 0.2) is 47.4 Å². The first kappa shape index (κ1) is 21.3. The monoisotopic (exact) mass is 405 g/mol. The number of hydrogen-bond donors (Lipinski definition) is 1. The lowest BCUT2D eigenvalue weighted by atomic mass is 10.1. The molecule has 0 radical (unpaired) electrons. The van der Waals surface area contributed by atoms with Crippen LogP contribution in [-0.2, 0) is 6.42 Å². The van der Waals surface area contributed by atoms with Gasteiger partial charge in [0.2, 0.25) is 0 Å². The van der Waals surface area contributed by atoms with Crippen LogP contribution in [0.3, 0.4) is 0 Å². The summed E-state index contributed by atoms with van der Waals surface area (Å²) in [5.74, 6) is 1.62. The van der Waals surface area contributed by atoms with Crippen molar-refractivity contribution in [1.82, 2.24) is 15.0 Å². The van der Waals surface area contributed by atoms with Crippen LogP contribution in [0, 0.1) is 6.92 Å². The van der Waals surface area contributed by atoms with Gasteiger partial charge in [0.15, 0.2) is 11.5 Å². The Kier molecular flexibility index (Phi) is 6.67. The Hall–Kier alpha value is -3.41. The maximum Gasteiger partial charge on any atom is 0.258 e. The number of rotatable bonds is 4. The number of aryl methyl sites for hydroxylation is 1. The first-order chi connectivity index (χ1) is 14.5. The summed E-state index contributed by atoms with van der Waals surface area (Å²) in [6.07, 6.45) is 3.55. The van der Waals surface area contributed by atoms with Gasteiger partial charge in [-0.1, -0.05) is 32.4 Å². The molecule has 0 saturated carbocycles. The highest BCUT2D eigenvalue weighted by atomic mass is 16.5. The van der Waals surface area contributed by atoms with E-state index in [1.807, 2.05) is 18.3 Å². The quantitative estimate of drug-likeness (QED) is 0.527. The lowest BCUT2D eigenvalue weighted by Gasteiger charge is -2.10. The van der Waals surface area contributed by atoms with Crippen LogP contribution in [0.5, 0.6) is 11.5 Å². The molecule has 4 aromatic rings. The van der Waals surface area contributed by atoms with Gasteiger partial charge in [0.1, 0.15) is 5.82 Å². The van der Waals surface area contributed by atoms with Gasteiger partial charge in [-0.25, -0.2) is 4.98 Å². The number of ether oxygens (including phenoxy) is 2. The molecule has 6 nitrogen and oxygen atoms in total. The van der Waals surface area contributed by atoms with Crippen LogP contribution in [0.2, 0.25) is 0 Å². The van der Waals surface area contributed by atoms with Crippen molar-refractivity contribution >= 4 is 21.8 Å². The second-order valence-electron chi connectivity index (χ2n) is 7.11. The smallest absolute Gasteiger partial charge is 0.258 e. The van der Waals surface area contributed by atoms with Crippen LogP contribution < -0.4 is 15.0 Å². The fraction of sp³-hybridized carbons (Fsp3) is 0.292. The van der Waals surface area contributed by atoms with Gasteiger partial charge in [-0.2, -0.15) is 0 Å². The molecule has 0 bridgehead atoms. The van der Waals surface area contributed by atoms with Gasteiger partial charge in [0.25, 0.3) is 5.56 Å². The van der Waals surface area contributed by atoms with Gasteiger partial charge in [0, 0.05) is 24.1 Å². The van der Waals surface area contributed by atoms with Crippen molar-refractivity contribution in [3.05, 3.63) is 69.9 Å². The number of aromatic nitrogens is 3. The van der Waals surface area contributed by atoms with Crippen LogP contribution in [-0.4, -0.2) is 29.2 Å². The van der Waals surface area contributed by atoms with E-state index in [9.17, 15) is 4.79 Å². The zero-order valence-electron chi connectivity index (χ0n) is 18.1. The van der Waals surface area contributed by atoms with E-state index in [0.29, 0.717) is 34.6 Å². The highest BCUT2D eigenvalue weighted by Gasteiger charge is 2.11. The van der Waals surface area contributed by atoms with Gasteiger partial charge in [-0.3, -0.25) is 9.78 Å². The van der Waals surface area contributed by atoms with Crippen molar-refractivity contribution in [1.29, 1.82) is 0 Å². The number of aromatic amines is 1. The second-order valence-corrected chi connectivity index (χ2v) is 7.11. The topological polar surface area (TPSA) is 77.1 Å². The van der Waals surface area contributed by atoms with E-state index in [-0.39, 0.29) is 5.56 Å². The van der Waals surface area contributed by atoms with E-state index < -0.39 is 0 Å². The first-order valence-electron chi connectivity index (χ1n) is 9.99. The van der Waals surface area contributed by atoms with Crippen LogP contribution in [0.4, 0.5) is 0 Å². The summed E-state index contributed by atoms with van der Waals surface area (Å²) in [6, 6.07) is 11.5. The summed E-state index contributed by atoms with van der Waals surface area (Å²) in [6.45, 7) is 6.31. The Balaban J connectivity index is 0.000000806. The van der Waals surface area contributed by atoms with E-state index in [1.54, 1.807) is 19.2 Å². The number of pyridine rings is 1. The predicted molar refractivity (Wildman–Crippen MR) is 121 cm³/mol. The Bertz CT molecular complexity index is 1230. The molecule has 0 amide bonds. The number of nitrogens with one attached hydrogen (secondary N) is 1. The van der Waals surface area contributed by atoms with Crippen LogP contribution in [0.1, 0.15) is 37.2 Å². The van der Waals surface area contributed by atoms with E-state index in [4.69, 9.17) is 9.47 Å². The molecular formula is C24H27N3O3. The van der Waals surface area contributed by atoms with E-state index in [1.165, 1.54) is 19.1 Å². The zero-order chi connectivity index (χ0) is 21.7. The van der Waals surface area contributed by atoms with Crippen LogP contribution >= 0.6 is 0 Å². The molecule has 0 aliphatic carbocycles. The molecule has 0 atom stereocenters. The molecule has 156 valence electrons. The minimum atomic E-state index is -0.208. The maximum absolute atomic E-state index is 12.5. The van der Waals surface area contributed by atoms with Crippen molar-refractivity contribution in [2.45, 2.75) is 33.6 Å². The molecule has 2 aromatic carbocycles. The molecular weight excluding hydrogens is 378 g/mol. The summed E-state index contributed by atoms with van der Waals surface area (Å²) in [4.78, 5) is 24.5. The predicted octanol–water partition coefficient (Wildman–Crippen LogP) is 4.80. The molecule has 4 rings (SSSR count). The molecule has 6 heteroatoms. The fourth-order valence-electron chi connectivity index (χ4n) is 3.23. The molecule has 2 heterocycles. The molecule has 0 aliphatic heterocycles. The Labute approximate surface area is 175 Å². The zero-order valence-corrected chi connectivity index (χ0v) is 18.1. The van der Waals surface area contributed by atoms with E-state index >= 15 is 0 Å². The lowest BCUT2D eigenvalue weighted by Crippen LogP contribution is -2.12. The maximum atomic E-state index is 12.5. The van der Waals surface area contributed by atoms with Crippen LogP contribution in [0.25, 0.3) is 21.8 Å². The standard InChI is InChI=1S/C21H19N3O3.C3H8/c1-12-5-4-6-16-14(12)7-13(11-22-16)8-20-23-17-10-19(27-3)18(26-2)9-15(17)21(25)24-20;1-3-2/h4-7,9-11H,8H2,1-3H3,(H,23,24,25);3H2,1-2H3. The first-order valence-corrected chi connectivity index (χ1v) is 9.99. The molecule has 30 heavy (non-hydrogen) atoms. The van der Waals surface area contributed by atoms with E-state index in [2.05, 4.69) is 47.9 Å². The Morgan fingerprint density at radius 1 is 0.967 bits per heavy atom. The average molecular weight is 405 g/mol. The Morgan fingerprint density at radius 2 is 1.67 bits per heavy atom. The molecule has 0 saturated heterocycles. The molecule has 0 aliphatic rings. The summed E-state index contributed by atoms with van der Waals surface area (Å²) in [5, 5.41) is 1.56. The number of benzene rings is 2. The number of hydrogen-bond acceptors (Lipinski definition) is 5. The lowest BCUT2D eigenvalue weighted by molar-refractivity contribution is 0.355. The Morgan fingerprint density at radius 3 is 2.37 bits per heavy atom.